The predicted molar refractivity (Wildman–Crippen MR) is 117 cm³/mol. The van der Waals surface area contributed by atoms with Gasteiger partial charge in [0.2, 0.25) is 0 Å². The van der Waals surface area contributed by atoms with Gasteiger partial charge in [0.1, 0.15) is 18.3 Å². The van der Waals surface area contributed by atoms with Gasteiger partial charge in [-0.15, -0.1) is 0 Å². The summed E-state index contributed by atoms with van der Waals surface area (Å²) in [4.78, 5) is 11.5. The summed E-state index contributed by atoms with van der Waals surface area (Å²) in [5.74, 6) is 0.187. The smallest absolute Gasteiger partial charge is 0.335 e. The number of fused-ring (bicyclic) bond motifs is 5. The van der Waals surface area contributed by atoms with Crippen LogP contribution < -0.4 is 0 Å². The van der Waals surface area contributed by atoms with Crippen molar-refractivity contribution in [1.82, 2.24) is 0 Å². The van der Waals surface area contributed by atoms with Crippen molar-refractivity contribution in [3.8, 4) is 0 Å². The average Bonchev–Trinajstić information content (AvgIpc) is 3.10. The highest BCUT2D eigenvalue weighted by Gasteiger charge is 2.60. The van der Waals surface area contributed by atoms with E-state index in [0.717, 1.165) is 51.4 Å². The summed E-state index contributed by atoms with van der Waals surface area (Å²) in [7, 11) is 0. The van der Waals surface area contributed by atoms with Gasteiger partial charge in [0.15, 0.2) is 12.4 Å². The second-order valence-corrected chi connectivity index (χ2v) is 11.6. The van der Waals surface area contributed by atoms with Crippen molar-refractivity contribution in [3.63, 3.8) is 0 Å². The van der Waals surface area contributed by atoms with Gasteiger partial charge < -0.3 is 35.0 Å². The number of carboxylic acid groups (broad SMARTS) is 1. The Balaban J connectivity index is 1.34. The van der Waals surface area contributed by atoms with Crippen LogP contribution in [0.5, 0.6) is 0 Å². The van der Waals surface area contributed by atoms with Crippen LogP contribution in [0.25, 0.3) is 0 Å². The number of aliphatic carboxylic acids is 1. The molecule has 0 aromatic carbocycles. The molecule has 1 aliphatic heterocycles. The van der Waals surface area contributed by atoms with Crippen LogP contribution in [0, 0.1) is 28.6 Å². The van der Waals surface area contributed by atoms with Gasteiger partial charge >= 0.3 is 5.97 Å². The Kier molecular flexibility index (Phi) is 5.94. The van der Waals surface area contributed by atoms with Crippen LogP contribution in [-0.2, 0) is 14.3 Å². The molecule has 5 N–H and O–H groups in total. The Morgan fingerprint density at radius 3 is 2.48 bits per heavy atom. The Labute approximate surface area is 194 Å². The second kappa shape index (κ2) is 8.28. The van der Waals surface area contributed by atoms with Gasteiger partial charge in [-0.1, -0.05) is 25.5 Å². The first-order valence-corrected chi connectivity index (χ1v) is 12.5. The van der Waals surface area contributed by atoms with Crippen molar-refractivity contribution < 1.29 is 39.8 Å². The number of aliphatic hydroxyl groups is 4. The lowest BCUT2D eigenvalue weighted by molar-refractivity contribution is -0.312. The number of carbonyl (C=O) groups is 1. The maximum atomic E-state index is 11.5. The van der Waals surface area contributed by atoms with Gasteiger partial charge in [-0.3, -0.25) is 0 Å². The highest BCUT2D eigenvalue weighted by atomic mass is 16.7. The molecule has 1 saturated heterocycles. The number of carboxylic acids is 1. The molecule has 33 heavy (non-hydrogen) atoms. The van der Waals surface area contributed by atoms with Gasteiger partial charge in [-0.2, -0.15) is 0 Å². The standard InChI is InChI=1S/C25H38O8/c1-24-9-7-13(26)11-12(24)3-4-14-15-5-6-17(25(15,2)10-8-16(14)24)32-23-20(29)18(27)19(28)21(33-23)22(30)31/h3,13-21,23,26-29H,4-11H2,1-2H3,(H,30,31)/t13-,14+,15+,16+,17+,18+,19+,20-,21+,23-,24+,25+/m1/s1. The number of hydrogen-bond donors (Lipinski definition) is 5. The van der Waals surface area contributed by atoms with Crippen LogP contribution in [0.15, 0.2) is 11.6 Å². The first-order chi connectivity index (χ1) is 15.6. The summed E-state index contributed by atoms with van der Waals surface area (Å²) in [5.41, 5.74) is 1.46. The van der Waals surface area contributed by atoms with Crippen LogP contribution in [0.3, 0.4) is 0 Å². The van der Waals surface area contributed by atoms with E-state index in [0.29, 0.717) is 17.8 Å². The summed E-state index contributed by atoms with van der Waals surface area (Å²) in [6.07, 6.45) is 1.70. The Bertz CT molecular complexity index is 814. The van der Waals surface area contributed by atoms with Crippen LogP contribution >= 0.6 is 0 Å². The maximum Gasteiger partial charge on any atom is 0.335 e. The first-order valence-electron chi connectivity index (χ1n) is 12.5. The summed E-state index contributed by atoms with van der Waals surface area (Å²) >= 11 is 0. The molecule has 0 amide bonds. The second-order valence-electron chi connectivity index (χ2n) is 11.6. The topological polar surface area (TPSA) is 137 Å². The molecule has 3 saturated carbocycles. The molecule has 0 spiro atoms. The van der Waals surface area contributed by atoms with E-state index in [9.17, 15) is 30.3 Å². The molecule has 8 nitrogen and oxygen atoms in total. The molecule has 4 fully saturated rings. The third kappa shape index (κ3) is 3.60. The van der Waals surface area contributed by atoms with E-state index >= 15 is 0 Å². The molecule has 186 valence electrons. The third-order valence-corrected chi connectivity index (χ3v) is 10.1. The van der Waals surface area contributed by atoms with E-state index in [1.807, 2.05) is 0 Å². The summed E-state index contributed by atoms with van der Waals surface area (Å²) in [5, 5.41) is 50.1. The number of ether oxygens (including phenoxy) is 2. The zero-order chi connectivity index (χ0) is 23.7. The molecular weight excluding hydrogens is 428 g/mol. The zero-order valence-electron chi connectivity index (χ0n) is 19.5. The molecule has 8 heteroatoms. The van der Waals surface area contributed by atoms with Crippen LogP contribution in [0.1, 0.15) is 65.2 Å². The molecule has 0 unspecified atom stereocenters. The van der Waals surface area contributed by atoms with Crippen molar-refractivity contribution in [2.75, 3.05) is 0 Å². The van der Waals surface area contributed by atoms with E-state index in [2.05, 4.69) is 19.9 Å². The highest BCUT2D eigenvalue weighted by molar-refractivity contribution is 5.73. The molecule has 5 aliphatic rings. The van der Waals surface area contributed by atoms with Gasteiger partial charge in [-0.25, -0.2) is 4.79 Å². The van der Waals surface area contributed by atoms with Crippen molar-refractivity contribution >= 4 is 5.97 Å². The average molecular weight is 467 g/mol. The number of rotatable bonds is 3. The van der Waals surface area contributed by atoms with E-state index in [4.69, 9.17) is 9.47 Å². The molecular formula is C25H38O8. The zero-order valence-corrected chi connectivity index (χ0v) is 19.5. The van der Waals surface area contributed by atoms with E-state index in [1.165, 1.54) is 5.57 Å². The molecule has 12 atom stereocenters. The van der Waals surface area contributed by atoms with Gasteiger partial charge in [0.05, 0.1) is 12.2 Å². The van der Waals surface area contributed by atoms with E-state index in [1.54, 1.807) is 0 Å². The Morgan fingerprint density at radius 2 is 1.76 bits per heavy atom. The molecule has 0 aromatic heterocycles. The predicted octanol–water partition coefficient (Wildman–Crippen LogP) is 1.59. The molecule has 4 aliphatic carbocycles. The number of allylic oxidation sites excluding steroid dienone is 1. The van der Waals surface area contributed by atoms with Gasteiger partial charge in [0, 0.05) is 0 Å². The van der Waals surface area contributed by atoms with Crippen LogP contribution in [0.4, 0.5) is 0 Å². The van der Waals surface area contributed by atoms with Gasteiger partial charge in [0.25, 0.3) is 0 Å². The number of aliphatic hydroxyl groups excluding tert-OH is 4. The normalized spacial score (nSPS) is 54.1. The quantitative estimate of drug-likeness (QED) is 0.396. The minimum Gasteiger partial charge on any atom is -0.479 e. The van der Waals surface area contributed by atoms with Crippen molar-refractivity contribution in [3.05, 3.63) is 11.6 Å². The third-order valence-electron chi connectivity index (χ3n) is 10.1. The Hall–Kier alpha value is -1.03. The Morgan fingerprint density at radius 1 is 1.00 bits per heavy atom. The van der Waals surface area contributed by atoms with Crippen LogP contribution in [-0.4, -0.2) is 74.4 Å². The molecule has 1 heterocycles. The fourth-order valence-corrected chi connectivity index (χ4v) is 8.14. The van der Waals surface area contributed by atoms with E-state index < -0.39 is 36.7 Å². The summed E-state index contributed by atoms with van der Waals surface area (Å²) < 4.78 is 11.6. The first kappa shape index (κ1) is 23.7. The molecule has 5 rings (SSSR count). The molecule has 0 aromatic rings. The lowest BCUT2D eigenvalue weighted by atomic mass is 9.48. The van der Waals surface area contributed by atoms with Crippen LogP contribution in [0.2, 0.25) is 0 Å². The summed E-state index contributed by atoms with van der Waals surface area (Å²) in [6, 6.07) is 0. The SMILES string of the molecule is C[C@]12CC[C@H]3[C@@H](CC=C4C[C@H](O)CC[C@@]43C)[C@@H]1CC[C@@H]2O[C@@H]1O[C@H](C(=O)O)[C@@H](O)[C@H](O)[C@H]1O. The molecule has 0 bridgehead atoms. The minimum atomic E-state index is -1.71. The lowest BCUT2D eigenvalue weighted by Crippen LogP contribution is -2.61. The highest BCUT2D eigenvalue weighted by Crippen LogP contribution is 2.65. The molecule has 0 radical (unpaired) electrons. The lowest BCUT2D eigenvalue weighted by Gasteiger charge is -2.58. The maximum absolute atomic E-state index is 11.5. The van der Waals surface area contributed by atoms with Crippen molar-refractivity contribution in [2.45, 2.75) is 108 Å². The van der Waals surface area contributed by atoms with E-state index in [-0.39, 0.29) is 23.0 Å². The van der Waals surface area contributed by atoms with Crippen molar-refractivity contribution in [2.24, 2.45) is 28.6 Å². The fourth-order valence-electron chi connectivity index (χ4n) is 8.14. The largest absolute Gasteiger partial charge is 0.479 e. The minimum absolute atomic E-state index is 0.125. The van der Waals surface area contributed by atoms with Gasteiger partial charge in [-0.05, 0) is 80.0 Å². The monoisotopic (exact) mass is 466 g/mol. The fraction of sp³-hybridized carbons (Fsp3) is 0.880. The van der Waals surface area contributed by atoms with Crippen molar-refractivity contribution in [1.29, 1.82) is 0 Å². The number of hydrogen-bond acceptors (Lipinski definition) is 7. The summed E-state index contributed by atoms with van der Waals surface area (Å²) in [6.45, 7) is 4.63.